The van der Waals surface area contributed by atoms with Gasteiger partial charge in [-0.2, -0.15) is 0 Å². The Hall–Kier alpha value is -2.08. The third kappa shape index (κ3) is 2.53. The normalized spacial score (nSPS) is 12.6. The zero-order chi connectivity index (χ0) is 14.2. The minimum Gasteiger partial charge on any atom is -0.408 e. The first kappa shape index (κ1) is 13.4. The zero-order valence-electron chi connectivity index (χ0n) is 11.2. The maximum atomic E-state index is 11.9. The first-order valence-corrected chi connectivity index (χ1v) is 6.02. The number of amides is 1. The summed E-state index contributed by atoms with van der Waals surface area (Å²) in [5, 5.41) is 0. The van der Waals surface area contributed by atoms with Crippen LogP contribution >= 0.6 is 0 Å². The molecule has 0 aliphatic carbocycles. The van der Waals surface area contributed by atoms with E-state index in [1.54, 1.807) is 39.2 Å². The summed E-state index contributed by atoms with van der Waals surface area (Å²) >= 11 is 0. The number of aryl methyl sites for hydroxylation is 1. The molecule has 0 fully saturated rings. The maximum Gasteiger partial charge on any atom is 0.419 e. The van der Waals surface area contributed by atoms with Gasteiger partial charge in [0.1, 0.15) is 0 Å². The quantitative estimate of drug-likeness (QED) is 0.889. The molecule has 0 saturated carbocycles. The zero-order valence-corrected chi connectivity index (χ0v) is 11.2. The predicted octanol–water partition coefficient (Wildman–Crippen LogP) is 0.832. The number of carbonyl (C=O) groups is 1. The number of hydrogen-bond acceptors (Lipinski definition) is 4. The molecule has 6 heteroatoms. The van der Waals surface area contributed by atoms with Gasteiger partial charge in [0.2, 0.25) is 5.91 Å². The smallest absolute Gasteiger partial charge is 0.408 e. The van der Waals surface area contributed by atoms with Crippen LogP contribution in [0.2, 0.25) is 0 Å². The van der Waals surface area contributed by atoms with Crippen LogP contribution in [-0.2, 0) is 11.8 Å². The van der Waals surface area contributed by atoms with Crippen LogP contribution in [0.5, 0.6) is 0 Å². The fraction of sp³-hybridized carbons (Fsp3) is 0.385. The highest BCUT2D eigenvalue weighted by molar-refractivity contribution is 5.94. The van der Waals surface area contributed by atoms with Gasteiger partial charge in [0.25, 0.3) is 0 Å². The van der Waals surface area contributed by atoms with Crippen molar-refractivity contribution in [3.8, 4) is 0 Å². The lowest BCUT2D eigenvalue weighted by atomic mass is 10.2. The second kappa shape index (κ2) is 4.89. The lowest BCUT2D eigenvalue weighted by Crippen LogP contribution is -2.31. The van der Waals surface area contributed by atoms with Gasteiger partial charge in [-0.3, -0.25) is 9.36 Å². The maximum absolute atomic E-state index is 11.9. The van der Waals surface area contributed by atoms with Gasteiger partial charge in [-0.25, -0.2) is 4.79 Å². The van der Waals surface area contributed by atoms with Gasteiger partial charge in [-0.15, -0.1) is 0 Å². The molecule has 19 heavy (non-hydrogen) atoms. The fourth-order valence-corrected chi connectivity index (χ4v) is 1.88. The summed E-state index contributed by atoms with van der Waals surface area (Å²) in [6.45, 7) is 1.79. The van der Waals surface area contributed by atoms with E-state index in [0.29, 0.717) is 16.8 Å². The van der Waals surface area contributed by atoms with Crippen molar-refractivity contribution in [1.29, 1.82) is 0 Å². The van der Waals surface area contributed by atoms with E-state index < -0.39 is 5.76 Å². The van der Waals surface area contributed by atoms with Crippen LogP contribution in [0.4, 0.5) is 5.69 Å². The van der Waals surface area contributed by atoms with E-state index in [1.807, 2.05) is 0 Å². The molecule has 2 aromatic rings. The van der Waals surface area contributed by atoms with E-state index >= 15 is 0 Å². The molecule has 6 nitrogen and oxygen atoms in total. The van der Waals surface area contributed by atoms with E-state index in [0.717, 1.165) is 0 Å². The molecule has 1 heterocycles. The molecular formula is C13H17N3O3. The molecular weight excluding hydrogens is 246 g/mol. The third-order valence-electron chi connectivity index (χ3n) is 3.03. The lowest BCUT2D eigenvalue weighted by molar-refractivity contribution is -0.118. The van der Waals surface area contributed by atoms with Crippen molar-refractivity contribution >= 4 is 22.7 Å². The third-order valence-corrected chi connectivity index (χ3v) is 3.03. The van der Waals surface area contributed by atoms with Crippen molar-refractivity contribution in [1.82, 2.24) is 4.57 Å². The molecule has 1 atom stereocenters. The Labute approximate surface area is 110 Å². The molecule has 1 aromatic heterocycles. The van der Waals surface area contributed by atoms with E-state index in [-0.39, 0.29) is 18.4 Å². The molecule has 2 rings (SSSR count). The minimum absolute atomic E-state index is 0.0668. The van der Waals surface area contributed by atoms with Crippen LogP contribution in [0.1, 0.15) is 13.3 Å². The van der Waals surface area contributed by atoms with Crippen LogP contribution < -0.4 is 16.4 Å². The Morgan fingerprint density at radius 2 is 2.21 bits per heavy atom. The highest BCUT2D eigenvalue weighted by Gasteiger charge is 2.14. The number of benzene rings is 1. The summed E-state index contributed by atoms with van der Waals surface area (Å²) in [4.78, 5) is 24.9. The highest BCUT2D eigenvalue weighted by Crippen LogP contribution is 2.21. The molecule has 1 aromatic carbocycles. The molecule has 0 bridgehead atoms. The van der Waals surface area contributed by atoms with E-state index in [2.05, 4.69) is 0 Å². The molecule has 102 valence electrons. The van der Waals surface area contributed by atoms with E-state index in [4.69, 9.17) is 10.2 Å². The fourth-order valence-electron chi connectivity index (χ4n) is 1.88. The molecule has 1 amide bonds. The number of anilines is 1. The van der Waals surface area contributed by atoms with Crippen molar-refractivity contribution in [3.63, 3.8) is 0 Å². The predicted molar refractivity (Wildman–Crippen MR) is 73.1 cm³/mol. The Kier molecular flexibility index (Phi) is 3.44. The summed E-state index contributed by atoms with van der Waals surface area (Å²) < 4.78 is 6.45. The molecule has 1 unspecified atom stereocenters. The number of oxazole rings is 1. The first-order valence-electron chi connectivity index (χ1n) is 6.02. The number of carbonyl (C=O) groups excluding carboxylic acids is 1. The summed E-state index contributed by atoms with van der Waals surface area (Å²) in [6, 6.07) is 4.99. The van der Waals surface area contributed by atoms with E-state index in [9.17, 15) is 9.59 Å². The van der Waals surface area contributed by atoms with Gasteiger partial charge >= 0.3 is 5.76 Å². The van der Waals surface area contributed by atoms with Gasteiger partial charge in [0, 0.05) is 32.2 Å². The van der Waals surface area contributed by atoms with Crippen molar-refractivity contribution < 1.29 is 9.21 Å². The minimum atomic E-state index is -0.420. The Morgan fingerprint density at radius 1 is 1.53 bits per heavy atom. The average Bonchev–Trinajstić information content (AvgIpc) is 2.63. The molecule has 0 saturated heterocycles. The van der Waals surface area contributed by atoms with Crippen LogP contribution in [0, 0.1) is 0 Å². The van der Waals surface area contributed by atoms with Crippen LogP contribution in [0.25, 0.3) is 11.1 Å². The molecule has 2 N–H and O–H groups in total. The summed E-state index contributed by atoms with van der Waals surface area (Å²) in [5.74, 6) is -0.487. The number of rotatable bonds is 3. The number of aromatic nitrogens is 1. The molecule has 0 spiro atoms. The topological polar surface area (TPSA) is 81.5 Å². The summed E-state index contributed by atoms with van der Waals surface area (Å²) in [7, 11) is 3.31. The first-order chi connectivity index (χ1) is 8.90. The SMILES string of the molecule is CC(N)CC(=O)N(C)c1ccc2oc(=O)n(C)c2c1. The summed E-state index contributed by atoms with van der Waals surface area (Å²) in [6.07, 6.45) is 0.277. The number of nitrogens with two attached hydrogens (primary N) is 1. The summed E-state index contributed by atoms with van der Waals surface area (Å²) in [5.41, 5.74) is 7.48. The van der Waals surface area contributed by atoms with Crippen LogP contribution in [-0.4, -0.2) is 23.6 Å². The number of nitrogens with zero attached hydrogens (tertiary/aromatic N) is 2. The van der Waals surface area contributed by atoms with Crippen molar-refractivity contribution in [2.45, 2.75) is 19.4 Å². The van der Waals surface area contributed by atoms with Gasteiger partial charge in [0.15, 0.2) is 5.58 Å². The van der Waals surface area contributed by atoms with Crippen molar-refractivity contribution in [2.24, 2.45) is 12.8 Å². The van der Waals surface area contributed by atoms with Gasteiger partial charge in [-0.05, 0) is 25.1 Å². The number of hydrogen-bond donors (Lipinski definition) is 1. The highest BCUT2D eigenvalue weighted by atomic mass is 16.4. The second-order valence-corrected chi connectivity index (χ2v) is 4.71. The second-order valence-electron chi connectivity index (χ2n) is 4.71. The lowest BCUT2D eigenvalue weighted by Gasteiger charge is -2.18. The van der Waals surface area contributed by atoms with Crippen LogP contribution in [0.3, 0.4) is 0 Å². The number of fused-ring (bicyclic) bond motifs is 1. The average molecular weight is 263 g/mol. The van der Waals surface area contributed by atoms with Gasteiger partial charge < -0.3 is 15.1 Å². The largest absolute Gasteiger partial charge is 0.419 e. The Balaban J connectivity index is 2.37. The van der Waals surface area contributed by atoms with Gasteiger partial charge in [-0.1, -0.05) is 0 Å². The molecule has 0 radical (unpaired) electrons. The Bertz CT molecular complexity index is 669. The monoisotopic (exact) mass is 263 g/mol. The van der Waals surface area contributed by atoms with Gasteiger partial charge in [0.05, 0.1) is 5.52 Å². The van der Waals surface area contributed by atoms with Crippen LogP contribution in [0.15, 0.2) is 27.4 Å². The van der Waals surface area contributed by atoms with Crippen molar-refractivity contribution in [2.75, 3.05) is 11.9 Å². The van der Waals surface area contributed by atoms with Crippen molar-refractivity contribution in [3.05, 3.63) is 28.7 Å². The molecule has 0 aliphatic heterocycles. The standard InChI is InChI=1S/C13H17N3O3/c1-8(14)6-12(17)15(2)9-4-5-11-10(7-9)16(3)13(18)19-11/h4-5,7-8H,6,14H2,1-3H3. The Morgan fingerprint density at radius 3 is 2.84 bits per heavy atom. The van der Waals surface area contributed by atoms with E-state index in [1.165, 1.54) is 9.47 Å². The molecule has 0 aliphatic rings.